The molecular weight excluding hydrogens is 588 g/mol. The monoisotopic (exact) mass is 610 g/mol. The molecule has 10 heteroatoms. The highest BCUT2D eigenvalue weighted by Gasteiger charge is 2.12. The van der Waals surface area contributed by atoms with Crippen molar-refractivity contribution in [3.8, 4) is 22.8 Å². The van der Waals surface area contributed by atoms with Crippen molar-refractivity contribution >= 4 is 61.8 Å². The van der Waals surface area contributed by atoms with Gasteiger partial charge in [0.05, 0.1) is 23.0 Å². The van der Waals surface area contributed by atoms with E-state index < -0.39 is 0 Å². The maximum absolute atomic E-state index is 12.6. The summed E-state index contributed by atoms with van der Waals surface area (Å²) in [5.41, 5.74) is 6.38. The van der Waals surface area contributed by atoms with E-state index in [-0.39, 0.29) is 5.91 Å². The number of amides is 1. The zero-order chi connectivity index (χ0) is 26.9. The lowest BCUT2D eigenvalue weighted by atomic mass is 10.1. The van der Waals surface area contributed by atoms with Crippen LogP contribution in [0.4, 0.5) is 10.8 Å². The first-order valence-electron chi connectivity index (χ1n) is 11.6. The zero-order valence-electron chi connectivity index (χ0n) is 20.4. The van der Waals surface area contributed by atoms with Crippen LogP contribution in [0.3, 0.4) is 0 Å². The molecule has 1 aromatic heterocycles. The Labute approximate surface area is 238 Å². The van der Waals surface area contributed by atoms with Gasteiger partial charge in [-0.1, -0.05) is 36.4 Å². The van der Waals surface area contributed by atoms with Crippen LogP contribution in [-0.4, -0.2) is 30.3 Å². The quantitative estimate of drug-likeness (QED) is 0.103. The van der Waals surface area contributed by atoms with E-state index in [1.807, 2.05) is 54.8 Å². The van der Waals surface area contributed by atoms with Crippen molar-refractivity contribution in [2.75, 3.05) is 18.5 Å². The molecular formula is C28H24BrClN4O3S. The predicted octanol–water partition coefficient (Wildman–Crippen LogP) is 7.70. The number of anilines is 2. The summed E-state index contributed by atoms with van der Waals surface area (Å²) in [6, 6.07) is 18.2. The first-order valence-corrected chi connectivity index (χ1v) is 13.6. The molecule has 1 amide bonds. The molecule has 38 heavy (non-hydrogen) atoms. The lowest BCUT2D eigenvalue weighted by molar-refractivity contribution is 0.0955. The molecule has 194 valence electrons. The van der Waals surface area contributed by atoms with Gasteiger partial charge in [0.25, 0.3) is 5.91 Å². The Bertz CT molecular complexity index is 1440. The van der Waals surface area contributed by atoms with Crippen molar-refractivity contribution in [3.63, 3.8) is 0 Å². The summed E-state index contributed by atoms with van der Waals surface area (Å²) >= 11 is 10.9. The molecule has 0 atom stereocenters. The third kappa shape index (κ3) is 7.22. The highest BCUT2D eigenvalue weighted by atomic mass is 79.9. The molecule has 0 bridgehead atoms. The van der Waals surface area contributed by atoms with E-state index in [2.05, 4.69) is 43.3 Å². The van der Waals surface area contributed by atoms with E-state index in [1.54, 1.807) is 30.5 Å². The van der Waals surface area contributed by atoms with E-state index in [4.69, 9.17) is 21.1 Å². The van der Waals surface area contributed by atoms with E-state index in [9.17, 15) is 4.79 Å². The second-order valence-electron chi connectivity index (χ2n) is 7.81. The summed E-state index contributed by atoms with van der Waals surface area (Å²) in [6.45, 7) is 6.39. The van der Waals surface area contributed by atoms with E-state index in [0.29, 0.717) is 39.8 Å². The zero-order valence-corrected chi connectivity index (χ0v) is 23.6. The van der Waals surface area contributed by atoms with Crippen LogP contribution in [0.5, 0.6) is 11.5 Å². The molecule has 2 N–H and O–H groups in total. The Morgan fingerprint density at radius 2 is 1.92 bits per heavy atom. The number of hydrazone groups is 1. The van der Waals surface area contributed by atoms with Crippen LogP contribution in [0.2, 0.25) is 5.02 Å². The molecule has 3 aromatic carbocycles. The Kier molecular flexibility index (Phi) is 9.53. The number of rotatable bonds is 11. The summed E-state index contributed by atoms with van der Waals surface area (Å²) in [4.78, 5) is 17.2. The summed E-state index contributed by atoms with van der Waals surface area (Å²) in [5, 5.41) is 10.8. The molecule has 0 aliphatic rings. The second-order valence-corrected chi connectivity index (χ2v) is 9.96. The Morgan fingerprint density at radius 3 is 2.63 bits per heavy atom. The molecule has 1 heterocycles. The van der Waals surface area contributed by atoms with Crippen LogP contribution in [0.25, 0.3) is 11.3 Å². The van der Waals surface area contributed by atoms with Gasteiger partial charge in [0, 0.05) is 27.2 Å². The number of hydrogen-bond acceptors (Lipinski definition) is 7. The van der Waals surface area contributed by atoms with Crippen LogP contribution in [0.15, 0.2) is 88.3 Å². The molecule has 0 radical (unpaired) electrons. The molecule has 0 unspecified atom stereocenters. The number of nitrogens with zero attached hydrogens (tertiary/aromatic N) is 2. The topological polar surface area (TPSA) is 84.8 Å². The van der Waals surface area contributed by atoms with Crippen molar-refractivity contribution < 1.29 is 14.3 Å². The highest BCUT2D eigenvalue weighted by Crippen LogP contribution is 2.36. The molecule has 0 aliphatic heterocycles. The number of carbonyl (C=O) groups is 1. The van der Waals surface area contributed by atoms with Gasteiger partial charge in [-0.15, -0.1) is 11.3 Å². The second kappa shape index (κ2) is 13.2. The summed E-state index contributed by atoms with van der Waals surface area (Å²) in [5.74, 6) is 0.827. The SMILES string of the molecule is C=CCOc1c(Br)cc(/C=N\NC(=O)c2ccc(-c3csc(Nc4ccc(Cl)cc4)n3)cc2)cc1OCC. The van der Waals surface area contributed by atoms with Gasteiger partial charge in [0.2, 0.25) is 0 Å². The molecule has 4 rings (SSSR count). The maximum Gasteiger partial charge on any atom is 0.271 e. The molecule has 0 spiro atoms. The van der Waals surface area contributed by atoms with Gasteiger partial charge in [-0.2, -0.15) is 5.10 Å². The largest absolute Gasteiger partial charge is 0.490 e. The minimum absolute atomic E-state index is 0.328. The summed E-state index contributed by atoms with van der Waals surface area (Å²) in [6.07, 6.45) is 3.20. The van der Waals surface area contributed by atoms with E-state index in [0.717, 1.165) is 27.6 Å². The van der Waals surface area contributed by atoms with Crippen molar-refractivity contribution in [1.29, 1.82) is 0 Å². The lowest BCUT2D eigenvalue weighted by Crippen LogP contribution is -2.17. The van der Waals surface area contributed by atoms with Crippen LogP contribution in [0.1, 0.15) is 22.8 Å². The number of aromatic nitrogens is 1. The average molecular weight is 612 g/mol. The number of thiazole rings is 1. The Hall–Kier alpha value is -3.66. The number of hydrogen-bond donors (Lipinski definition) is 2. The standard InChI is InChI=1S/C28H24BrClN4O3S/c1-3-13-37-26-23(29)14-18(15-25(26)36-4-2)16-31-34-27(35)20-7-5-19(6-8-20)24-17-38-28(33-24)32-22-11-9-21(30)10-12-22/h3,5-12,14-17H,1,4,13H2,2H3,(H,32,33)(H,34,35)/b31-16-. The number of carbonyl (C=O) groups excluding carboxylic acids is 1. The van der Waals surface area contributed by atoms with Crippen molar-refractivity contribution in [2.24, 2.45) is 5.10 Å². The fourth-order valence-corrected chi connectivity index (χ4v) is 4.79. The van der Waals surface area contributed by atoms with E-state index >= 15 is 0 Å². The Morgan fingerprint density at radius 1 is 1.16 bits per heavy atom. The van der Waals surface area contributed by atoms with Gasteiger partial charge >= 0.3 is 0 Å². The van der Waals surface area contributed by atoms with Crippen molar-refractivity contribution in [2.45, 2.75) is 6.92 Å². The van der Waals surface area contributed by atoms with Crippen LogP contribution in [0, 0.1) is 0 Å². The maximum atomic E-state index is 12.6. The fraction of sp³-hybridized carbons (Fsp3) is 0.107. The molecule has 0 saturated heterocycles. The third-order valence-corrected chi connectivity index (χ3v) is 6.70. The number of nitrogens with one attached hydrogen (secondary N) is 2. The van der Waals surface area contributed by atoms with E-state index in [1.165, 1.54) is 11.3 Å². The fourth-order valence-electron chi connectivity index (χ4n) is 3.35. The Balaban J connectivity index is 1.38. The summed E-state index contributed by atoms with van der Waals surface area (Å²) < 4.78 is 12.1. The van der Waals surface area contributed by atoms with Crippen LogP contribution >= 0.6 is 38.9 Å². The molecule has 7 nitrogen and oxygen atoms in total. The lowest BCUT2D eigenvalue weighted by Gasteiger charge is -2.13. The average Bonchev–Trinajstić information content (AvgIpc) is 3.38. The minimum Gasteiger partial charge on any atom is -0.490 e. The first-order chi connectivity index (χ1) is 18.5. The van der Waals surface area contributed by atoms with Crippen molar-refractivity contribution in [1.82, 2.24) is 10.4 Å². The smallest absolute Gasteiger partial charge is 0.271 e. The predicted molar refractivity (Wildman–Crippen MR) is 158 cm³/mol. The molecule has 0 aliphatic carbocycles. The van der Waals surface area contributed by atoms with Gasteiger partial charge in [-0.3, -0.25) is 4.79 Å². The normalized spacial score (nSPS) is 10.8. The molecule has 0 fully saturated rings. The van der Waals surface area contributed by atoms with Gasteiger partial charge in [0.1, 0.15) is 6.61 Å². The third-order valence-electron chi connectivity index (χ3n) is 5.10. The van der Waals surface area contributed by atoms with Gasteiger partial charge in [0.15, 0.2) is 16.6 Å². The first kappa shape index (κ1) is 27.4. The number of benzene rings is 3. The number of ether oxygens (including phenoxy) is 2. The van der Waals surface area contributed by atoms with Gasteiger partial charge in [-0.25, -0.2) is 10.4 Å². The highest BCUT2D eigenvalue weighted by molar-refractivity contribution is 9.10. The van der Waals surface area contributed by atoms with Crippen molar-refractivity contribution in [3.05, 3.63) is 99.3 Å². The van der Waals surface area contributed by atoms with Gasteiger partial charge in [-0.05, 0) is 76.9 Å². The molecule has 4 aromatic rings. The minimum atomic E-state index is -0.328. The summed E-state index contributed by atoms with van der Waals surface area (Å²) in [7, 11) is 0. The van der Waals surface area contributed by atoms with Crippen LogP contribution < -0.4 is 20.2 Å². The van der Waals surface area contributed by atoms with Crippen LogP contribution in [-0.2, 0) is 0 Å². The number of halogens is 2. The molecule has 0 saturated carbocycles. The van der Waals surface area contributed by atoms with Gasteiger partial charge < -0.3 is 14.8 Å².